The summed E-state index contributed by atoms with van der Waals surface area (Å²) < 4.78 is 38.3. The summed E-state index contributed by atoms with van der Waals surface area (Å²) in [6, 6.07) is 10.4. The number of halogens is 2. The number of alkyl halides is 1. The van der Waals surface area contributed by atoms with Crippen LogP contribution in [0.25, 0.3) is 32.9 Å². The molecule has 0 radical (unpaired) electrons. The van der Waals surface area contributed by atoms with E-state index in [-0.39, 0.29) is 35.1 Å². The van der Waals surface area contributed by atoms with Crippen molar-refractivity contribution in [1.29, 1.82) is 0 Å². The van der Waals surface area contributed by atoms with Crippen molar-refractivity contribution in [3.63, 3.8) is 0 Å². The number of benzene rings is 2. The van der Waals surface area contributed by atoms with E-state index in [9.17, 15) is 9.50 Å². The minimum absolute atomic E-state index is 0.0496. The van der Waals surface area contributed by atoms with E-state index < -0.39 is 12.0 Å². The number of nitrogens with zero attached hydrogens (tertiary/aromatic N) is 5. The third-order valence-corrected chi connectivity index (χ3v) is 11.6. The van der Waals surface area contributed by atoms with Crippen LogP contribution in [0.15, 0.2) is 36.5 Å². The maximum atomic E-state index is 16.9. The first-order chi connectivity index (χ1) is 22.4. The van der Waals surface area contributed by atoms with Crippen LogP contribution in [0.5, 0.6) is 11.8 Å². The van der Waals surface area contributed by atoms with Crippen LogP contribution in [0, 0.1) is 11.7 Å². The number of hydrogen-bond donors (Lipinski definition) is 2. The fourth-order valence-corrected chi connectivity index (χ4v) is 9.70. The van der Waals surface area contributed by atoms with Crippen LogP contribution < -0.4 is 15.0 Å². The molecule has 4 aromatic rings. The van der Waals surface area contributed by atoms with Crippen molar-refractivity contribution in [2.24, 2.45) is 5.92 Å². The normalized spacial score (nSPS) is 30.4. The molecular weight excluding hydrogens is 586 g/mol. The van der Waals surface area contributed by atoms with Gasteiger partial charge in [0.1, 0.15) is 35.6 Å². The smallest absolute Gasteiger partial charge is 0.319 e. The summed E-state index contributed by atoms with van der Waals surface area (Å²) in [6.45, 7) is 4.32. The molecule has 5 aliphatic rings. The molecule has 10 heteroatoms. The third kappa shape index (κ3) is 4.47. The third-order valence-electron chi connectivity index (χ3n) is 11.6. The lowest BCUT2D eigenvalue weighted by Gasteiger charge is -2.35. The van der Waals surface area contributed by atoms with E-state index in [0.29, 0.717) is 53.8 Å². The van der Waals surface area contributed by atoms with Crippen molar-refractivity contribution in [2.75, 3.05) is 31.1 Å². The molecule has 1 aliphatic carbocycles. The molecule has 9 rings (SSSR count). The Balaban J connectivity index is 1.16. The van der Waals surface area contributed by atoms with Crippen LogP contribution in [-0.4, -0.2) is 81.0 Å². The SMILES string of the molecule is CCc1cccc2cc(O)cc(-c3ncc4c(N5CC6CCC(C5)N6)nc(OCC56C[C@H](F)CN5[C@H]5CCC[C@H]5C6)nc4c3F)c12. The van der Waals surface area contributed by atoms with E-state index in [2.05, 4.69) is 27.0 Å². The Morgan fingerprint density at radius 3 is 2.74 bits per heavy atom. The second-order valence-electron chi connectivity index (χ2n) is 14.3. The van der Waals surface area contributed by atoms with E-state index in [0.717, 1.165) is 61.5 Å². The molecule has 8 nitrogen and oxygen atoms in total. The van der Waals surface area contributed by atoms with Gasteiger partial charge < -0.3 is 20.1 Å². The molecule has 2 aromatic heterocycles. The number of phenols is 1. The molecule has 6 atom stereocenters. The fraction of sp³-hybridized carbons (Fsp3) is 0.528. The molecule has 2 N–H and O–H groups in total. The highest BCUT2D eigenvalue weighted by Gasteiger charge is 2.58. The zero-order valence-corrected chi connectivity index (χ0v) is 26.2. The molecule has 3 unspecified atom stereocenters. The Hall–Kier alpha value is -3.63. The van der Waals surface area contributed by atoms with Gasteiger partial charge in [0.2, 0.25) is 0 Å². The Kier molecular flexibility index (Phi) is 6.65. The molecule has 4 aliphatic heterocycles. The molecule has 4 saturated heterocycles. The topological polar surface area (TPSA) is 86.6 Å². The fourth-order valence-electron chi connectivity index (χ4n) is 9.70. The van der Waals surface area contributed by atoms with Crippen LogP contribution in [0.3, 0.4) is 0 Å². The van der Waals surface area contributed by atoms with Crippen LogP contribution >= 0.6 is 0 Å². The Morgan fingerprint density at radius 2 is 1.91 bits per heavy atom. The van der Waals surface area contributed by atoms with E-state index >= 15 is 4.39 Å². The summed E-state index contributed by atoms with van der Waals surface area (Å²) in [7, 11) is 0. The summed E-state index contributed by atoms with van der Waals surface area (Å²) in [6.07, 6.45) is 8.63. The molecular formula is C36H40F2N6O2. The largest absolute Gasteiger partial charge is 0.508 e. The maximum Gasteiger partial charge on any atom is 0.319 e. The molecule has 6 heterocycles. The molecule has 0 amide bonds. The van der Waals surface area contributed by atoms with Gasteiger partial charge in [-0.25, -0.2) is 8.78 Å². The average molecular weight is 627 g/mol. The van der Waals surface area contributed by atoms with Gasteiger partial charge in [0.05, 0.1) is 10.9 Å². The molecule has 2 bridgehead atoms. The highest BCUT2D eigenvalue weighted by molar-refractivity contribution is 6.01. The van der Waals surface area contributed by atoms with Crippen LogP contribution in [0.1, 0.15) is 57.4 Å². The van der Waals surface area contributed by atoms with Crippen molar-refractivity contribution in [3.05, 3.63) is 47.9 Å². The maximum absolute atomic E-state index is 16.9. The number of anilines is 1. The zero-order chi connectivity index (χ0) is 31.2. The zero-order valence-electron chi connectivity index (χ0n) is 26.2. The average Bonchev–Trinajstić information content (AvgIpc) is 3.79. The quantitative estimate of drug-likeness (QED) is 0.273. The van der Waals surface area contributed by atoms with E-state index in [1.807, 2.05) is 18.2 Å². The number of aryl methyl sites for hydroxylation is 1. The Bertz CT molecular complexity index is 1840. The number of ether oxygens (including phenoxy) is 1. The number of aromatic hydroxyl groups is 1. The van der Waals surface area contributed by atoms with E-state index in [1.54, 1.807) is 18.3 Å². The van der Waals surface area contributed by atoms with Crippen molar-refractivity contribution in [3.8, 4) is 23.0 Å². The first kappa shape index (κ1) is 28.6. The number of piperazine rings is 1. The summed E-state index contributed by atoms with van der Waals surface area (Å²) in [5.74, 6) is 0.686. The molecule has 0 spiro atoms. The summed E-state index contributed by atoms with van der Waals surface area (Å²) in [4.78, 5) is 18.9. The number of rotatable bonds is 6. The first-order valence-corrected chi connectivity index (χ1v) is 17.0. The van der Waals surface area contributed by atoms with Gasteiger partial charge in [-0.3, -0.25) is 9.88 Å². The van der Waals surface area contributed by atoms with Gasteiger partial charge in [-0.1, -0.05) is 31.5 Å². The molecule has 240 valence electrons. The van der Waals surface area contributed by atoms with Crippen molar-refractivity contribution < 1.29 is 18.6 Å². The lowest BCUT2D eigenvalue weighted by molar-refractivity contribution is 0.0832. The number of hydrogen-bond acceptors (Lipinski definition) is 8. The minimum Gasteiger partial charge on any atom is -0.508 e. The van der Waals surface area contributed by atoms with Crippen LogP contribution in [-0.2, 0) is 6.42 Å². The monoisotopic (exact) mass is 626 g/mol. The molecule has 46 heavy (non-hydrogen) atoms. The predicted octanol–water partition coefficient (Wildman–Crippen LogP) is 5.93. The minimum atomic E-state index is -0.870. The predicted molar refractivity (Wildman–Crippen MR) is 174 cm³/mol. The molecule has 5 fully saturated rings. The van der Waals surface area contributed by atoms with Crippen molar-refractivity contribution in [1.82, 2.24) is 25.2 Å². The summed E-state index contributed by atoms with van der Waals surface area (Å²) in [5.41, 5.74) is 1.48. The van der Waals surface area contributed by atoms with Crippen molar-refractivity contribution in [2.45, 2.75) is 88.1 Å². The van der Waals surface area contributed by atoms with E-state index in [1.165, 1.54) is 12.8 Å². The van der Waals surface area contributed by atoms with Gasteiger partial charge in [-0.15, -0.1) is 0 Å². The number of phenolic OH excluding ortho intramolecular Hbond substituents is 1. The highest BCUT2D eigenvalue weighted by atomic mass is 19.1. The number of pyridine rings is 1. The Labute approximate surface area is 267 Å². The Morgan fingerprint density at radius 1 is 1.07 bits per heavy atom. The van der Waals surface area contributed by atoms with Gasteiger partial charge in [0.25, 0.3) is 0 Å². The van der Waals surface area contributed by atoms with Crippen LogP contribution in [0.4, 0.5) is 14.6 Å². The summed E-state index contributed by atoms with van der Waals surface area (Å²) in [5, 5.41) is 16.5. The lowest BCUT2D eigenvalue weighted by atomic mass is 9.89. The van der Waals surface area contributed by atoms with Gasteiger partial charge in [0, 0.05) is 55.9 Å². The van der Waals surface area contributed by atoms with Crippen molar-refractivity contribution >= 4 is 27.5 Å². The van der Waals surface area contributed by atoms with Gasteiger partial charge in [0.15, 0.2) is 5.82 Å². The number of nitrogens with one attached hydrogen (secondary N) is 1. The van der Waals surface area contributed by atoms with Crippen LogP contribution in [0.2, 0.25) is 0 Å². The van der Waals surface area contributed by atoms with Gasteiger partial charge in [-0.2, -0.15) is 9.97 Å². The number of aromatic nitrogens is 3. The van der Waals surface area contributed by atoms with Gasteiger partial charge in [-0.05, 0) is 72.9 Å². The standard InChI is InChI=1S/C36H40F2N6O2/c1-2-20-5-3-6-21-11-26(45)12-27(30(20)21)32-31(38)33-28(15-39-32)34(43-17-24-9-10-25(18-43)40-24)42-35(41-33)46-19-36-13-22-7-4-8-29(22)44(36)16-23(37)14-36/h3,5-6,11-12,15,22-25,29,40,45H,2,4,7-10,13-14,16-19H2,1H3/t22-,23-,24?,25?,29-,36?/m0/s1. The van der Waals surface area contributed by atoms with E-state index in [4.69, 9.17) is 14.7 Å². The molecule has 2 aromatic carbocycles. The summed E-state index contributed by atoms with van der Waals surface area (Å²) >= 11 is 0. The second kappa shape index (κ2) is 10.7. The first-order valence-electron chi connectivity index (χ1n) is 17.0. The molecule has 1 saturated carbocycles. The highest BCUT2D eigenvalue weighted by Crippen LogP contribution is 2.52. The van der Waals surface area contributed by atoms with Gasteiger partial charge >= 0.3 is 6.01 Å². The number of fused-ring (bicyclic) bond motifs is 7. The second-order valence-corrected chi connectivity index (χ2v) is 14.3. The lowest BCUT2D eigenvalue weighted by Crippen LogP contribution is -2.51.